The first-order valence-corrected chi connectivity index (χ1v) is 9.70. The second-order valence-corrected chi connectivity index (χ2v) is 8.10. The average Bonchev–Trinajstić information content (AvgIpc) is 3.10. The number of carbonyl (C=O) groups is 3. The van der Waals surface area contributed by atoms with Gasteiger partial charge in [0, 0.05) is 12.0 Å². The van der Waals surface area contributed by atoms with Gasteiger partial charge in [0.15, 0.2) is 6.04 Å². The van der Waals surface area contributed by atoms with Gasteiger partial charge in [0.25, 0.3) is 0 Å². The van der Waals surface area contributed by atoms with E-state index in [0.29, 0.717) is 12.3 Å². The second kappa shape index (κ2) is 7.71. The Morgan fingerprint density at radius 2 is 1.89 bits per heavy atom. The molecule has 1 aromatic carbocycles. The van der Waals surface area contributed by atoms with Crippen molar-refractivity contribution in [2.24, 2.45) is 5.92 Å². The quantitative estimate of drug-likeness (QED) is 0.779. The maximum Gasteiger partial charge on any atom is 0.334 e. The van der Waals surface area contributed by atoms with Crippen molar-refractivity contribution in [3.63, 3.8) is 0 Å². The molecule has 1 unspecified atom stereocenters. The summed E-state index contributed by atoms with van der Waals surface area (Å²) in [6, 6.07) is 5.86. The first-order valence-electron chi connectivity index (χ1n) is 9.70. The zero-order valence-electron chi connectivity index (χ0n) is 16.2. The minimum atomic E-state index is -0.865. The Kier molecular flexibility index (Phi) is 5.53. The molecule has 2 N–H and O–H groups in total. The lowest BCUT2D eigenvalue weighted by molar-refractivity contribution is -0.164. The molecule has 0 saturated heterocycles. The summed E-state index contributed by atoms with van der Waals surface area (Å²) in [4.78, 5) is 37.2. The minimum absolute atomic E-state index is 0.114. The van der Waals surface area contributed by atoms with Crippen LogP contribution in [-0.4, -0.2) is 23.8 Å². The molecule has 2 aliphatic rings. The molecule has 0 spiro atoms. The topological polar surface area (TPSA) is 84.5 Å². The van der Waals surface area contributed by atoms with E-state index >= 15 is 0 Å². The Hall–Kier alpha value is -2.37. The fourth-order valence-electron chi connectivity index (χ4n) is 4.04. The van der Waals surface area contributed by atoms with Crippen molar-refractivity contribution in [2.75, 3.05) is 0 Å². The molecule has 6 nitrogen and oxygen atoms in total. The van der Waals surface area contributed by atoms with Crippen LogP contribution >= 0.6 is 0 Å². The normalized spacial score (nSPS) is 22.5. The highest BCUT2D eigenvalue weighted by Crippen LogP contribution is 2.37. The fraction of sp³-hybridized carbons (Fsp3) is 0.571. The van der Waals surface area contributed by atoms with Crippen LogP contribution in [0.1, 0.15) is 70.0 Å². The third kappa shape index (κ3) is 4.31. The summed E-state index contributed by atoms with van der Waals surface area (Å²) >= 11 is 0. The zero-order chi connectivity index (χ0) is 19.6. The first kappa shape index (κ1) is 19.4. The maximum atomic E-state index is 12.6. The molecule has 1 aliphatic heterocycles. The smallest absolute Gasteiger partial charge is 0.334 e. The van der Waals surface area contributed by atoms with E-state index in [2.05, 4.69) is 10.6 Å². The molecule has 0 aromatic heterocycles. The Morgan fingerprint density at radius 3 is 2.59 bits per heavy atom. The van der Waals surface area contributed by atoms with Crippen LogP contribution in [0.25, 0.3) is 0 Å². The van der Waals surface area contributed by atoms with Gasteiger partial charge >= 0.3 is 5.97 Å². The largest absolute Gasteiger partial charge is 0.453 e. The number of nitrogens with one attached hydrogen (secondary N) is 2. The zero-order valence-corrected chi connectivity index (χ0v) is 16.2. The highest BCUT2D eigenvalue weighted by atomic mass is 16.6. The summed E-state index contributed by atoms with van der Waals surface area (Å²) in [7, 11) is 0. The number of amides is 2. The van der Waals surface area contributed by atoms with Crippen molar-refractivity contribution in [1.29, 1.82) is 0 Å². The second-order valence-electron chi connectivity index (χ2n) is 8.10. The molecule has 2 atom stereocenters. The summed E-state index contributed by atoms with van der Waals surface area (Å²) < 4.78 is 5.52. The maximum absolute atomic E-state index is 12.6. The van der Waals surface area contributed by atoms with Gasteiger partial charge in [0.2, 0.25) is 11.8 Å². The van der Waals surface area contributed by atoms with Crippen LogP contribution in [0.2, 0.25) is 0 Å². The third-order valence-electron chi connectivity index (χ3n) is 5.52. The van der Waals surface area contributed by atoms with Gasteiger partial charge in [0.1, 0.15) is 11.6 Å². The average molecular weight is 372 g/mol. The minimum Gasteiger partial charge on any atom is -0.453 e. The lowest BCUT2D eigenvalue weighted by Crippen LogP contribution is -2.50. The predicted molar refractivity (Wildman–Crippen MR) is 101 cm³/mol. The lowest BCUT2D eigenvalue weighted by Gasteiger charge is -2.36. The molecular formula is C21H28N2O4. The van der Waals surface area contributed by atoms with Gasteiger partial charge in [-0.3, -0.25) is 9.59 Å². The first-order chi connectivity index (χ1) is 12.8. The molecule has 1 aromatic rings. The van der Waals surface area contributed by atoms with Crippen molar-refractivity contribution in [3.8, 4) is 0 Å². The van der Waals surface area contributed by atoms with Crippen LogP contribution in [0.4, 0.5) is 0 Å². The van der Waals surface area contributed by atoms with E-state index in [-0.39, 0.29) is 5.91 Å². The van der Waals surface area contributed by atoms with Crippen molar-refractivity contribution in [2.45, 2.75) is 70.6 Å². The van der Waals surface area contributed by atoms with Gasteiger partial charge in [0.05, 0.1) is 0 Å². The van der Waals surface area contributed by atoms with E-state index in [4.69, 9.17) is 4.74 Å². The number of hydrogen-bond donors (Lipinski definition) is 2. The van der Waals surface area contributed by atoms with E-state index in [1.54, 1.807) is 6.92 Å². The van der Waals surface area contributed by atoms with Crippen molar-refractivity contribution < 1.29 is 19.1 Å². The molecule has 0 bridgehead atoms. The van der Waals surface area contributed by atoms with Crippen LogP contribution in [-0.2, 0) is 24.7 Å². The van der Waals surface area contributed by atoms with Gasteiger partial charge in [-0.15, -0.1) is 0 Å². The summed E-state index contributed by atoms with van der Waals surface area (Å²) in [5.74, 6) is -0.581. The van der Waals surface area contributed by atoms with E-state index in [0.717, 1.165) is 24.0 Å². The van der Waals surface area contributed by atoms with Gasteiger partial charge in [-0.2, -0.15) is 0 Å². The van der Waals surface area contributed by atoms with Crippen LogP contribution in [0.5, 0.6) is 0 Å². The monoisotopic (exact) mass is 372 g/mol. The molecule has 146 valence electrons. The Balaban J connectivity index is 1.64. The summed E-state index contributed by atoms with van der Waals surface area (Å²) in [5, 5.41) is 5.48. The highest BCUT2D eigenvalue weighted by Gasteiger charge is 2.40. The van der Waals surface area contributed by atoms with Gasteiger partial charge < -0.3 is 15.4 Å². The number of ether oxygens (including phenoxy) is 1. The molecule has 2 amide bonds. The number of esters is 1. The number of rotatable bonds is 5. The third-order valence-corrected chi connectivity index (χ3v) is 5.52. The summed E-state index contributed by atoms with van der Waals surface area (Å²) in [6.45, 7) is 5.28. The Bertz CT molecular complexity index is 737. The molecule has 1 heterocycles. The number of carbonyl (C=O) groups excluding carboxylic acids is 3. The van der Waals surface area contributed by atoms with E-state index in [1.807, 2.05) is 38.1 Å². The van der Waals surface area contributed by atoms with Crippen molar-refractivity contribution in [1.82, 2.24) is 10.6 Å². The van der Waals surface area contributed by atoms with Crippen molar-refractivity contribution in [3.05, 3.63) is 35.4 Å². The van der Waals surface area contributed by atoms with Crippen LogP contribution < -0.4 is 10.6 Å². The Labute approximate surface area is 160 Å². The van der Waals surface area contributed by atoms with Crippen LogP contribution in [0, 0.1) is 5.92 Å². The molecule has 27 heavy (non-hydrogen) atoms. The molecule has 1 saturated carbocycles. The fourth-order valence-corrected chi connectivity index (χ4v) is 4.04. The Morgan fingerprint density at radius 1 is 1.22 bits per heavy atom. The highest BCUT2D eigenvalue weighted by molar-refractivity contribution is 5.91. The standard InChI is InChI=1S/C21H28N2O4/c1-13(22-17(24)12-14-8-4-5-9-14)19(25)23-18-15-10-6-7-11-16(15)21(2,3)27-20(18)26/h6-7,10-11,13-14,18H,4-5,8-9,12H2,1-3H3,(H,22,24)(H,23,25)/t13-,18?/m0/s1. The van der Waals surface area contributed by atoms with Gasteiger partial charge in [-0.05, 0) is 45.1 Å². The van der Waals surface area contributed by atoms with E-state index in [1.165, 1.54) is 12.8 Å². The van der Waals surface area contributed by atoms with E-state index in [9.17, 15) is 14.4 Å². The number of cyclic esters (lactones) is 1. The number of hydrogen-bond acceptors (Lipinski definition) is 4. The number of fused-ring (bicyclic) bond motifs is 1. The molecule has 1 fully saturated rings. The molecule has 0 radical (unpaired) electrons. The molecule has 1 aliphatic carbocycles. The van der Waals surface area contributed by atoms with Crippen LogP contribution in [0.3, 0.4) is 0 Å². The predicted octanol–water partition coefficient (Wildman–Crippen LogP) is 2.72. The van der Waals surface area contributed by atoms with Crippen molar-refractivity contribution >= 4 is 17.8 Å². The molecular weight excluding hydrogens is 344 g/mol. The summed E-state index contributed by atoms with van der Waals surface area (Å²) in [5.41, 5.74) is 0.861. The summed E-state index contributed by atoms with van der Waals surface area (Å²) in [6.07, 6.45) is 4.96. The molecule has 6 heteroatoms. The lowest BCUT2D eigenvalue weighted by atomic mass is 9.86. The van der Waals surface area contributed by atoms with Gasteiger partial charge in [-0.25, -0.2) is 4.79 Å². The SMILES string of the molecule is C[C@H](NC(=O)CC1CCCC1)C(=O)NC1C(=O)OC(C)(C)c2ccccc21. The molecule has 3 rings (SSSR count). The van der Waals surface area contributed by atoms with E-state index < -0.39 is 29.6 Å². The number of benzene rings is 1. The van der Waals surface area contributed by atoms with Gasteiger partial charge in [-0.1, -0.05) is 37.1 Å². The van der Waals surface area contributed by atoms with Crippen LogP contribution in [0.15, 0.2) is 24.3 Å².